The minimum atomic E-state index is -3.79. The van der Waals surface area contributed by atoms with Crippen LogP contribution in [0.5, 0.6) is 0 Å². The van der Waals surface area contributed by atoms with E-state index in [1.165, 1.54) is 12.3 Å². The number of likely N-dealkylation sites (tertiary alicyclic amines) is 1. The predicted molar refractivity (Wildman–Crippen MR) is 118 cm³/mol. The van der Waals surface area contributed by atoms with Crippen molar-refractivity contribution in [1.29, 1.82) is 5.26 Å². The number of amides is 1. The summed E-state index contributed by atoms with van der Waals surface area (Å²) in [6, 6.07) is 6.80. The van der Waals surface area contributed by atoms with E-state index in [1.54, 1.807) is 12.1 Å². The van der Waals surface area contributed by atoms with E-state index in [4.69, 9.17) is 0 Å². The van der Waals surface area contributed by atoms with Gasteiger partial charge < -0.3 is 0 Å². The molecule has 0 atom stereocenters. The second-order valence-corrected chi connectivity index (χ2v) is 10.6. The van der Waals surface area contributed by atoms with Gasteiger partial charge in [-0.1, -0.05) is 0 Å². The maximum absolute atomic E-state index is 14.8. The quantitative estimate of drug-likeness (QED) is 0.716. The van der Waals surface area contributed by atoms with Crippen LogP contribution in [0.25, 0.3) is 11.1 Å². The molecule has 0 radical (unpaired) electrons. The molecule has 1 aromatic heterocycles. The zero-order valence-corrected chi connectivity index (χ0v) is 18.9. The van der Waals surface area contributed by atoms with Crippen molar-refractivity contribution in [3.8, 4) is 17.2 Å². The third-order valence-corrected chi connectivity index (χ3v) is 7.98. The fourth-order valence-electron chi connectivity index (χ4n) is 4.45. The van der Waals surface area contributed by atoms with Crippen LogP contribution in [0.4, 0.5) is 4.39 Å². The molecule has 1 aromatic carbocycles. The SMILES string of the molecule is CC(C)N1CC(S(=O)(=O)NC(=O)Cc2c(-c3ccnc(C#N)c3)cc(F)c3c2CCC3)C1. The molecule has 1 aliphatic heterocycles. The number of sulfonamides is 1. The number of rotatable bonds is 6. The highest BCUT2D eigenvalue weighted by Gasteiger charge is 2.39. The van der Waals surface area contributed by atoms with E-state index in [0.29, 0.717) is 48.2 Å². The predicted octanol–water partition coefficient (Wildman–Crippen LogP) is 2.33. The molecule has 1 aliphatic carbocycles. The molecule has 0 bridgehead atoms. The van der Waals surface area contributed by atoms with Crippen molar-refractivity contribution in [1.82, 2.24) is 14.6 Å². The summed E-state index contributed by atoms with van der Waals surface area (Å²) in [6.45, 7) is 4.78. The molecule has 2 aliphatic rings. The van der Waals surface area contributed by atoms with Crippen LogP contribution in [-0.4, -0.2) is 48.6 Å². The summed E-state index contributed by atoms with van der Waals surface area (Å²) >= 11 is 0. The Hall–Kier alpha value is -2.83. The molecule has 1 N–H and O–H groups in total. The Morgan fingerprint density at radius 2 is 2.03 bits per heavy atom. The van der Waals surface area contributed by atoms with Crippen molar-refractivity contribution in [3.63, 3.8) is 0 Å². The van der Waals surface area contributed by atoms with Gasteiger partial charge in [0.2, 0.25) is 15.9 Å². The number of hydrogen-bond donors (Lipinski definition) is 1. The van der Waals surface area contributed by atoms with Gasteiger partial charge in [-0.3, -0.25) is 14.4 Å². The Morgan fingerprint density at radius 1 is 1.31 bits per heavy atom. The highest BCUT2D eigenvalue weighted by molar-refractivity contribution is 7.90. The van der Waals surface area contributed by atoms with Crippen LogP contribution in [0.15, 0.2) is 24.4 Å². The van der Waals surface area contributed by atoms with Crippen LogP contribution >= 0.6 is 0 Å². The molecule has 4 rings (SSSR count). The summed E-state index contributed by atoms with van der Waals surface area (Å²) in [4.78, 5) is 18.8. The van der Waals surface area contributed by atoms with E-state index < -0.39 is 21.2 Å². The van der Waals surface area contributed by atoms with E-state index in [2.05, 4.69) is 9.71 Å². The first-order chi connectivity index (χ1) is 15.2. The van der Waals surface area contributed by atoms with Gasteiger partial charge in [-0.2, -0.15) is 5.26 Å². The molecule has 1 saturated heterocycles. The second-order valence-electron chi connectivity index (χ2n) is 8.65. The van der Waals surface area contributed by atoms with E-state index >= 15 is 0 Å². The van der Waals surface area contributed by atoms with Crippen LogP contribution in [0.2, 0.25) is 0 Å². The minimum Gasteiger partial charge on any atom is -0.298 e. The third-order valence-electron chi connectivity index (χ3n) is 6.29. The van der Waals surface area contributed by atoms with Crippen LogP contribution in [0.3, 0.4) is 0 Å². The summed E-state index contributed by atoms with van der Waals surface area (Å²) in [5.74, 6) is -0.979. The lowest BCUT2D eigenvalue weighted by molar-refractivity contribution is -0.118. The van der Waals surface area contributed by atoms with Gasteiger partial charge in [0.25, 0.3) is 0 Å². The van der Waals surface area contributed by atoms with Gasteiger partial charge in [-0.05, 0) is 79.1 Å². The minimum absolute atomic E-state index is 0.179. The Morgan fingerprint density at radius 3 is 2.72 bits per heavy atom. The largest absolute Gasteiger partial charge is 0.298 e. The van der Waals surface area contributed by atoms with Crippen molar-refractivity contribution < 1.29 is 17.6 Å². The fourth-order valence-corrected chi connectivity index (χ4v) is 5.78. The van der Waals surface area contributed by atoms with Gasteiger partial charge in [-0.15, -0.1) is 0 Å². The van der Waals surface area contributed by atoms with Gasteiger partial charge in [0.05, 0.1) is 6.42 Å². The topological polar surface area (TPSA) is 103 Å². The second kappa shape index (κ2) is 8.60. The molecule has 2 heterocycles. The zero-order valence-electron chi connectivity index (χ0n) is 18.1. The van der Waals surface area contributed by atoms with Gasteiger partial charge >= 0.3 is 0 Å². The standard InChI is InChI=1S/C23H25FN4O3S/c1-14(2)28-12-17(13-28)32(30,31)27-23(29)10-21-18-4-3-5-19(18)22(24)9-20(21)15-6-7-26-16(8-15)11-25/h6-9,14,17H,3-5,10,12-13H2,1-2H3,(H,27,29). The lowest BCUT2D eigenvalue weighted by atomic mass is 9.90. The summed E-state index contributed by atoms with van der Waals surface area (Å²) in [5.41, 5.74) is 3.20. The van der Waals surface area contributed by atoms with Crippen molar-refractivity contribution in [2.75, 3.05) is 13.1 Å². The maximum Gasteiger partial charge on any atom is 0.240 e. The fraction of sp³-hybridized carbons (Fsp3) is 0.435. The lowest BCUT2D eigenvalue weighted by Crippen LogP contribution is -2.60. The van der Waals surface area contributed by atoms with E-state index in [1.807, 2.05) is 24.8 Å². The Kier molecular flexibility index (Phi) is 6.01. The number of pyridine rings is 1. The Balaban J connectivity index is 1.62. The van der Waals surface area contributed by atoms with Crippen LogP contribution in [-0.2, 0) is 34.1 Å². The Labute approximate surface area is 187 Å². The van der Waals surface area contributed by atoms with Crippen LogP contribution in [0, 0.1) is 17.1 Å². The molecule has 0 spiro atoms. The average Bonchev–Trinajstić information content (AvgIpc) is 3.18. The number of halogens is 1. The molecule has 0 saturated carbocycles. The number of aromatic nitrogens is 1. The molecular formula is C23H25FN4O3S. The first kappa shape index (κ1) is 22.4. The highest BCUT2D eigenvalue weighted by atomic mass is 32.2. The van der Waals surface area contributed by atoms with Crippen LogP contribution < -0.4 is 4.72 Å². The van der Waals surface area contributed by atoms with Gasteiger partial charge in [0, 0.05) is 25.3 Å². The maximum atomic E-state index is 14.8. The van der Waals surface area contributed by atoms with Crippen molar-refractivity contribution >= 4 is 15.9 Å². The Bertz CT molecular complexity index is 1210. The normalized spacial score (nSPS) is 16.5. The molecule has 1 amide bonds. The average molecular weight is 457 g/mol. The smallest absolute Gasteiger partial charge is 0.240 e. The monoisotopic (exact) mass is 456 g/mol. The van der Waals surface area contributed by atoms with Crippen molar-refractivity contribution in [2.24, 2.45) is 0 Å². The number of carbonyl (C=O) groups excluding carboxylic acids is 1. The van der Waals surface area contributed by atoms with E-state index in [-0.39, 0.29) is 24.0 Å². The first-order valence-electron chi connectivity index (χ1n) is 10.7. The number of fused-ring (bicyclic) bond motifs is 1. The summed E-state index contributed by atoms with van der Waals surface area (Å²) in [7, 11) is -3.79. The summed E-state index contributed by atoms with van der Waals surface area (Å²) in [6.07, 6.45) is 3.26. The van der Waals surface area contributed by atoms with Crippen molar-refractivity contribution in [3.05, 3.63) is 52.6 Å². The summed E-state index contributed by atoms with van der Waals surface area (Å²) in [5, 5.41) is 8.55. The number of nitrogens with zero attached hydrogens (tertiary/aromatic N) is 3. The van der Waals surface area contributed by atoms with Gasteiger partial charge in [0.1, 0.15) is 22.8 Å². The summed E-state index contributed by atoms with van der Waals surface area (Å²) < 4.78 is 42.3. The third kappa shape index (κ3) is 4.25. The zero-order chi connectivity index (χ0) is 23.0. The molecule has 0 unspecified atom stereocenters. The number of hydrogen-bond acceptors (Lipinski definition) is 6. The van der Waals surface area contributed by atoms with Crippen molar-refractivity contribution in [2.45, 2.75) is 50.8 Å². The molecule has 7 nitrogen and oxygen atoms in total. The number of nitriles is 1. The van der Waals surface area contributed by atoms with E-state index in [0.717, 1.165) is 12.0 Å². The molecule has 9 heteroatoms. The number of benzene rings is 1. The first-order valence-corrected chi connectivity index (χ1v) is 12.2. The molecule has 32 heavy (non-hydrogen) atoms. The van der Waals surface area contributed by atoms with Gasteiger partial charge in [0.15, 0.2) is 0 Å². The highest BCUT2D eigenvalue weighted by Crippen LogP contribution is 2.36. The number of carbonyl (C=O) groups is 1. The van der Waals surface area contributed by atoms with Gasteiger partial charge in [-0.25, -0.2) is 17.8 Å². The van der Waals surface area contributed by atoms with E-state index in [9.17, 15) is 22.9 Å². The lowest BCUT2D eigenvalue weighted by Gasteiger charge is -2.41. The number of nitrogens with one attached hydrogen (secondary N) is 1. The molecular weight excluding hydrogens is 431 g/mol. The molecule has 2 aromatic rings. The molecule has 168 valence electrons. The molecule has 1 fully saturated rings. The van der Waals surface area contributed by atoms with Crippen LogP contribution in [0.1, 0.15) is 42.7 Å².